The van der Waals surface area contributed by atoms with E-state index >= 15 is 0 Å². The average Bonchev–Trinajstić information content (AvgIpc) is 2.57. The summed E-state index contributed by atoms with van der Waals surface area (Å²) in [5, 5.41) is 6.70. The topological polar surface area (TPSA) is 33.3 Å². The fourth-order valence-electron chi connectivity index (χ4n) is 1.40. The maximum absolute atomic E-state index is 5.28. The molecule has 1 atom stereocenters. The molecule has 12 heavy (non-hydrogen) atoms. The van der Waals surface area contributed by atoms with E-state index in [2.05, 4.69) is 17.6 Å². The van der Waals surface area contributed by atoms with Crippen molar-refractivity contribution in [2.24, 2.45) is 5.92 Å². The lowest BCUT2D eigenvalue weighted by molar-refractivity contribution is 0.185. The smallest absolute Gasteiger partial charge is 0.0507 e. The molecule has 1 saturated heterocycles. The van der Waals surface area contributed by atoms with Gasteiger partial charge in [-0.15, -0.1) is 0 Å². The number of nitrogens with one attached hydrogen (secondary N) is 2. The molecule has 1 rings (SSSR count). The average molecular weight is 172 g/mol. The minimum atomic E-state index is 0.756. The van der Waals surface area contributed by atoms with E-state index < -0.39 is 0 Å². The number of likely N-dealkylation sites (N-methyl/N-ethyl adjacent to an activating group) is 1. The highest BCUT2D eigenvalue weighted by Crippen LogP contribution is 2.09. The molecule has 1 heterocycles. The van der Waals surface area contributed by atoms with Crippen LogP contribution in [0.1, 0.15) is 13.3 Å². The summed E-state index contributed by atoms with van der Waals surface area (Å²) in [7, 11) is 0. The molecule has 2 N–H and O–H groups in total. The summed E-state index contributed by atoms with van der Waals surface area (Å²) in [5.41, 5.74) is 0. The zero-order valence-corrected chi connectivity index (χ0v) is 7.94. The molecule has 1 fully saturated rings. The summed E-state index contributed by atoms with van der Waals surface area (Å²) < 4.78 is 5.28. The van der Waals surface area contributed by atoms with Gasteiger partial charge in [0.25, 0.3) is 0 Å². The highest BCUT2D eigenvalue weighted by Gasteiger charge is 2.14. The third-order valence-electron chi connectivity index (χ3n) is 2.19. The van der Waals surface area contributed by atoms with Crippen molar-refractivity contribution in [1.29, 1.82) is 0 Å². The van der Waals surface area contributed by atoms with Crippen LogP contribution in [0.3, 0.4) is 0 Å². The van der Waals surface area contributed by atoms with Gasteiger partial charge in [0.2, 0.25) is 0 Å². The van der Waals surface area contributed by atoms with Crippen molar-refractivity contribution in [3.05, 3.63) is 0 Å². The normalized spacial score (nSPS) is 23.2. The van der Waals surface area contributed by atoms with Crippen molar-refractivity contribution in [2.75, 3.05) is 39.4 Å². The van der Waals surface area contributed by atoms with Gasteiger partial charge in [0.15, 0.2) is 0 Å². The van der Waals surface area contributed by atoms with Crippen LogP contribution < -0.4 is 10.6 Å². The van der Waals surface area contributed by atoms with Crippen LogP contribution in [-0.4, -0.2) is 39.4 Å². The van der Waals surface area contributed by atoms with Gasteiger partial charge in [-0.2, -0.15) is 0 Å². The summed E-state index contributed by atoms with van der Waals surface area (Å²) in [5.74, 6) is 0.756. The van der Waals surface area contributed by atoms with Gasteiger partial charge < -0.3 is 15.4 Å². The van der Waals surface area contributed by atoms with E-state index in [1.807, 2.05) is 0 Å². The Balaban J connectivity index is 1.81. The second kappa shape index (κ2) is 6.40. The summed E-state index contributed by atoms with van der Waals surface area (Å²) in [4.78, 5) is 0. The fraction of sp³-hybridized carbons (Fsp3) is 1.00. The molecule has 1 unspecified atom stereocenters. The van der Waals surface area contributed by atoms with Crippen molar-refractivity contribution in [2.45, 2.75) is 13.3 Å². The molecule has 3 nitrogen and oxygen atoms in total. The van der Waals surface area contributed by atoms with Crippen molar-refractivity contribution in [1.82, 2.24) is 10.6 Å². The fourth-order valence-corrected chi connectivity index (χ4v) is 1.40. The quantitative estimate of drug-likeness (QED) is 0.562. The van der Waals surface area contributed by atoms with Crippen molar-refractivity contribution in [3.63, 3.8) is 0 Å². The van der Waals surface area contributed by atoms with E-state index in [-0.39, 0.29) is 0 Å². The van der Waals surface area contributed by atoms with E-state index in [1.165, 1.54) is 6.42 Å². The van der Waals surface area contributed by atoms with Crippen LogP contribution in [-0.2, 0) is 4.74 Å². The van der Waals surface area contributed by atoms with Gasteiger partial charge in [0.1, 0.15) is 0 Å². The van der Waals surface area contributed by atoms with E-state index in [0.29, 0.717) is 0 Å². The monoisotopic (exact) mass is 172 g/mol. The molecule has 0 aromatic carbocycles. The first-order valence-electron chi connectivity index (χ1n) is 4.92. The molecule has 0 aliphatic carbocycles. The Kier molecular flexibility index (Phi) is 5.32. The molecule has 1 aliphatic rings. The number of hydrogen-bond acceptors (Lipinski definition) is 3. The maximum Gasteiger partial charge on any atom is 0.0507 e. The number of rotatable bonds is 6. The van der Waals surface area contributed by atoms with E-state index in [4.69, 9.17) is 4.74 Å². The highest BCUT2D eigenvalue weighted by molar-refractivity contribution is 4.66. The van der Waals surface area contributed by atoms with Gasteiger partial charge in [0, 0.05) is 26.2 Å². The van der Waals surface area contributed by atoms with Crippen LogP contribution in [0, 0.1) is 5.92 Å². The van der Waals surface area contributed by atoms with Crippen LogP contribution in [0.2, 0.25) is 0 Å². The SMILES string of the molecule is CCNCCNCC1CCOC1. The molecule has 0 saturated carbocycles. The largest absolute Gasteiger partial charge is 0.381 e. The predicted octanol–water partition coefficient (Wildman–Crippen LogP) is 0.222. The van der Waals surface area contributed by atoms with E-state index in [1.54, 1.807) is 0 Å². The molecule has 0 aromatic rings. The summed E-state index contributed by atoms with van der Waals surface area (Å²) >= 11 is 0. The van der Waals surface area contributed by atoms with E-state index in [0.717, 1.165) is 45.3 Å². The summed E-state index contributed by atoms with van der Waals surface area (Å²) in [6.45, 7) is 8.37. The highest BCUT2D eigenvalue weighted by atomic mass is 16.5. The van der Waals surface area contributed by atoms with Gasteiger partial charge >= 0.3 is 0 Å². The maximum atomic E-state index is 5.28. The third-order valence-corrected chi connectivity index (χ3v) is 2.19. The molecule has 0 spiro atoms. The van der Waals surface area contributed by atoms with Gasteiger partial charge in [-0.3, -0.25) is 0 Å². The Hall–Kier alpha value is -0.120. The molecular weight excluding hydrogens is 152 g/mol. The second-order valence-corrected chi connectivity index (χ2v) is 3.29. The molecule has 0 amide bonds. The lowest BCUT2D eigenvalue weighted by Gasteiger charge is -2.08. The van der Waals surface area contributed by atoms with Gasteiger partial charge in [-0.1, -0.05) is 6.92 Å². The Labute approximate surface area is 74.9 Å². The van der Waals surface area contributed by atoms with Crippen LogP contribution in [0.25, 0.3) is 0 Å². The van der Waals surface area contributed by atoms with E-state index in [9.17, 15) is 0 Å². The molecule has 0 radical (unpaired) electrons. The Morgan fingerprint density at radius 2 is 2.17 bits per heavy atom. The minimum absolute atomic E-state index is 0.756. The third kappa shape index (κ3) is 4.04. The minimum Gasteiger partial charge on any atom is -0.381 e. The molecule has 0 aromatic heterocycles. The van der Waals surface area contributed by atoms with Gasteiger partial charge in [0.05, 0.1) is 6.61 Å². The van der Waals surface area contributed by atoms with Gasteiger partial charge in [-0.05, 0) is 18.9 Å². The Morgan fingerprint density at radius 3 is 2.83 bits per heavy atom. The summed E-state index contributed by atoms with van der Waals surface area (Å²) in [6, 6.07) is 0. The first-order chi connectivity index (χ1) is 5.93. The molecule has 0 bridgehead atoms. The Morgan fingerprint density at radius 1 is 1.33 bits per heavy atom. The van der Waals surface area contributed by atoms with Crippen molar-refractivity contribution < 1.29 is 4.74 Å². The number of hydrogen-bond donors (Lipinski definition) is 2. The Bertz CT molecular complexity index is 103. The van der Waals surface area contributed by atoms with Crippen LogP contribution in [0.15, 0.2) is 0 Å². The molecular formula is C9H20N2O. The zero-order chi connectivity index (χ0) is 8.65. The lowest BCUT2D eigenvalue weighted by atomic mass is 10.1. The van der Waals surface area contributed by atoms with Crippen molar-refractivity contribution >= 4 is 0 Å². The standard InChI is InChI=1S/C9H20N2O/c1-2-10-4-5-11-7-9-3-6-12-8-9/h9-11H,2-8H2,1H3. The zero-order valence-electron chi connectivity index (χ0n) is 7.94. The molecule has 72 valence electrons. The predicted molar refractivity (Wildman–Crippen MR) is 50.3 cm³/mol. The van der Waals surface area contributed by atoms with Crippen LogP contribution in [0.5, 0.6) is 0 Å². The second-order valence-electron chi connectivity index (χ2n) is 3.29. The molecule has 3 heteroatoms. The summed E-state index contributed by atoms with van der Waals surface area (Å²) in [6.07, 6.45) is 1.23. The lowest BCUT2D eigenvalue weighted by Crippen LogP contribution is -2.30. The molecule has 1 aliphatic heterocycles. The van der Waals surface area contributed by atoms with Gasteiger partial charge in [-0.25, -0.2) is 0 Å². The first kappa shape index (κ1) is 9.96. The van der Waals surface area contributed by atoms with Crippen molar-refractivity contribution in [3.8, 4) is 0 Å². The number of ether oxygens (including phenoxy) is 1. The first-order valence-corrected chi connectivity index (χ1v) is 4.92. The van der Waals surface area contributed by atoms with Crippen LogP contribution in [0.4, 0.5) is 0 Å². The van der Waals surface area contributed by atoms with Crippen LogP contribution >= 0.6 is 0 Å².